The molecule has 0 amide bonds. The second-order valence-electron chi connectivity index (χ2n) is 9.69. The zero-order chi connectivity index (χ0) is 21.3. The van der Waals surface area contributed by atoms with Crippen molar-refractivity contribution in [1.82, 2.24) is 0 Å². The number of rotatable bonds is 7. The van der Waals surface area contributed by atoms with Gasteiger partial charge >= 0.3 is 0 Å². The van der Waals surface area contributed by atoms with E-state index in [4.69, 9.17) is 28.4 Å². The summed E-state index contributed by atoms with van der Waals surface area (Å²) in [5.74, 6) is -1.37. The maximum Gasteiger partial charge on any atom is 0.164 e. The van der Waals surface area contributed by atoms with Gasteiger partial charge in [0, 0.05) is 0 Å². The molecule has 6 nitrogen and oxygen atoms in total. The Kier molecular flexibility index (Phi) is 6.73. The van der Waals surface area contributed by atoms with Crippen molar-refractivity contribution < 1.29 is 28.4 Å². The van der Waals surface area contributed by atoms with Crippen LogP contribution in [0.2, 0.25) is 0 Å². The summed E-state index contributed by atoms with van der Waals surface area (Å²) < 4.78 is 36.8. The lowest BCUT2D eigenvalue weighted by atomic mass is 10.0. The first-order chi connectivity index (χ1) is 13.4. The summed E-state index contributed by atoms with van der Waals surface area (Å²) >= 11 is 0. The van der Waals surface area contributed by atoms with Crippen molar-refractivity contribution in [2.24, 2.45) is 0 Å². The van der Waals surface area contributed by atoms with Crippen LogP contribution < -0.4 is 0 Å². The SMILES string of the molecule is CC(C)(C)OC[C@H](OCc1ccccc1)[C@H]1OC(C)(C)O[C@@H]1[C@H]1COC(C)(C)O1. The first-order valence-electron chi connectivity index (χ1n) is 10.4. The van der Waals surface area contributed by atoms with Gasteiger partial charge in [-0.15, -0.1) is 0 Å². The van der Waals surface area contributed by atoms with Crippen molar-refractivity contribution in [3.8, 4) is 0 Å². The highest BCUT2D eigenvalue weighted by atomic mass is 16.8. The zero-order valence-electron chi connectivity index (χ0n) is 18.8. The quantitative estimate of drug-likeness (QED) is 0.678. The molecule has 0 unspecified atom stereocenters. The van der Waals surface area contributed by atoms with Crippen LogP contribution in [0.15, 0.2) is 30.3 Å². The third-order valence-electron chi connectivity index (χ3n) is 4.91. The Morgan fingerprint density at radius 2 is 1.69 bits per heavy atom. The normalized spacial score (nSPS) is 29.8. The van der Waals surface area contributed by atoms with Crippen LogP contribution in [0.3, 0.4) is 0 Å². The molecular weight excluding hydrogens is 372 g/mol. The Balaban J connectivity index is 1.76. The van der Waals surface area contributed by atoms with Crippen LogP contribution in [0.4, 0.5) is 0 Å². The Labute approximate surface area is 174 Å². The van der Waals surface area contributed by atoms with Crippen molar-refractivity contribution in [3.05, 3.63) is 35.9 Å². The van der Waals surface area contributed by atoms with Crippen LogP contribution in [-0.4, -0.2) is 54.8 Å². The summed E-state index contributed by atoms with van der Waals surface area (Å²) in [5, 5.41) is 0. The second kappa shape index (κ2) is 8.61. The molecule has 3 rings (SSSR count). The average molecular weight is 409 g/mol. The standard InChI is InChI=1S/C23H36O6/c1-21(2,3)25-14-17(24-13-16-11-9-8-10-12-16)19-20(29-23(6,7)28-19)18-15-26-22(4,5)27-18/h8-12,17-20H,13-15H2,1-7H3/t17-,18+,19+,20+/m0/s1. The second-order valence-corrected chi connectivity index (χ2v) is 9.69. The molecule has 0 aliphatic carbocycles. The molecule has 0 aromatic heterocycles. The van der Waals surface area contributed by atoms with Gasteiger partial charge in [-0.3, -0.25) is 0 Å². The number of hydrogen-bond donors (Lipinski definition) is 0. The molecule has 0 spiro atoms. The van der Waals surface area contributed by atoms with Crippen LogP contribution in [0, 0.1) is 0 Å². The molecule has 1 aromatic carbocycles. The van der Waals surface area contributed by atoms with Crippen LogP contribution in [0.1, 0.15) is 54.0 Å². The molecule has 2 aliphatic heterocycles. The topological polar surface area (TPSA) is 55.4 Å². The van der Waals surface area contributed by atoms with E-state index in [9.17, 15) is 0 Å². The fraction of sp³-hybridized carbons (Fsp3) is 0.739. The van der Waals surface area contributed by atoms with Gasteiger partial charge in [0.2, 0.25) is 0 Å². The molecule has 1 aromatic rings. The van der Waals surface area contributed by atoms with Crippen LogP contribution in [0.25, 0.3) is 0 Å². The summed E-state index contributed by atoms with van der Waals surface area (Å²) in [4.78, 5) is 0. The highest BCUT2D eigenvalue weighted by molar-refractivity contribution is 5.13. The maximum atomic E-state index is 6.32. The van der Waals surface area contributed by atoms with E-state index in [1.807, 2.05) is 78.8 Å². The third kappa shape index (κ3) is 6.48. The largest absolute Gasteiger partial charge is 0.373 e. The molecule has 0 N–H and O–H groups in total. The van der Waals surface area contributed by atoms with Crippen molar-refractivity contribution in [3.63, 3.8) is 0 Å². The lowest BCUT2D eigenvalue weighted by Crippen LogP contribution is -2.47. The summed E-state index contributed by atoms with van der Waals surface area (Å²) in [5.41, 5.74) is 0.818. The lowest BCUT2D eigenvalue weighted by molar-refractivity contribution is -0.177. The summed E-state index contributed by atoms with van der Waals surface area (Å²) in [6.45, 7) is 15.1. The van der Waals surface area contributed by atoms with E-state index in [1.165, 1.54) is 0 Å². The molecule has 2 fully saturated rings. The molecule has 6 heteroatoms. The molecular formula is C23H36O6. The van der Waals surface area contributed by atoms with Crippen LogP contribution >= 0.6 is 0 Å². The summed E-state index contributed by atoms with van der Waals surface area (Å²) in [6.07, 6.45) is -1.18. The number of ether oxygens (including phenoxy) is 6. The van der Waals surface area contributed by atoms with Crippen molar-refractivity contribution in [1.29, 1.82) is 0 Å². The first-order valence-corrected chi connectivity index (χ1v) is 10.4. The highest BCUT2D eigenvalue weighted by Crippen LogP contribution is 2.37. The molecule has 0 radical (unpaired) electrons. The molecule has 29 heavy (non-hydrogen) atoms. The Morgan fingerprint density at radius 3 is 2.28 bits per heavy atom. The Morgan fingerprint density at radius 1 is 1.00 bits per heavy atom. The number of hydrogen-bond acceptors (Lipinski definition) is 6. The van der Waals surface area contributed by atoms with Gasteiger partial charge in [-0.25, -0.2) is 0 Å². The summed E-state index contributed by atoms with van der Waals surface area (Å²) in [7, 11) is 0. The minimum absolute atomic E-state index is 0.228. The smallest absolute Gasteiger partial charge is 0.164 e. The van der Waals surface area contributed by atoms with E-state index < -0.39 is 11.6 Å². The molecule has 2 saturated heterocycles. The first kappa shape index (κ1) is 22.7. The van der Waals surface area contributed by atoms with Gasteiger partial charge in [0.05, 0.1) is 25.4 Å². The van der Waals surface area contributed by atoms with Crippen molar-refractivity contribution in [2.75, 3.05) is 13.2 Å². The molecule has 2 heterocycles. The highest BCUT2D eigenvalue weighted by Gasteiger charge is 2.52. The third-order valence-corrected chi connectivity index (χ3v) is 4.91. The van der Waals surface area contributed by atoms with Gasteiger partial charge in [0.15, 0.2) is 11.6 Å². The van der Waals surface area contributed by atoms with Gasteiger partial charge in [-0.2, -0.15) is 0 Å². The van der Waals surface area contributed by atoms with E-state index in [1.54, 1.807) is 0 Å². The van der Waals surface area contributed by atoms with Crippen molar-refractivity contribution in [2.45, 2.75) is 96.7 Å². The summed E-state index contributed by atoms with van der Waals surface area (Å²) in [6, 6.07) is 10.1. The van der Waals surface area contributed by atoms with E-state index in [0.29, 0.717) is 19.8 Å². The maximum absolute atomic E-state index is 6.32. The average Bonchev–Trinajstić information content (AvgIpc) is 3.13. The molecule has 164 valence electrons. The van der Waals surface area contributed by atoms with Gasteiger partial charge in [0.1, 0.15) is 24.4 Å². The Bertz CT molecular complexity index is 651. The predicted octanol–water partition coefficient (Wildman–Crippen LogP) is 4.06. The monoisotopic (exact) mass is 408 g/mol. The van der Waals surface area contributed by atoms with E-state index in [-0.39, 0.29) is 30.0 Å². The molecule has 2 aliphatic rings. The molecule has 0 bridgehead atoms. The minimum atomic E-state index is -0.735. The van der Waals surface area contributed by atoms with E-state index >= 15 is 0 Å². The van der Waals surface area contributed by atoms with Gasteiger partial charge in [-0.1, -0.05) is 30.3 Å². The Hall–Kier alpha value is -1.02. The molecule has 4 atom stereocenters. The lowest BCUT2D eigenvalue weighted by Gasteiger charge is -2.31. The zero-order valence-corrected chi connectivity index (χ0v) is 18.8. The fourth-order valence-corrected chi connectivity index (χ4v) is 3.62. The fourth-order valence-electron chi connectivity index (χ4n) is 3.62. The van der Waals surface area contributed by atoms with Crippen LogP contribution in [0.5, 0.6) is 0 Å². The van der Waals surface area contributed by atoms with Crippen molar-refractivity contribution >= 4 is 0 Å². The van der Waals surface area contributed by atoms with Gasteiger partial charge in [-0.05, 0) is 54.0 Å². The predicted molar refractivity (Wildman–Crippen MR) is 109 cm³/mol. The minimum Gasteiger partial charge on any atom is -0.373 e. The molecule has 0 saturated carbocycles. The van der Waals surface area contributed by atoms with Gasteiger partial charge < -0.3 is 28.4 Å². The van der Waals surface area contributed by atoms with Gasteiger partial charge in [0.25, 0.3) is 0 Å². The van der Waals surface area contributed by atoms with E-state index in [0.717, 1.165) is 5.56 Å². The number of benzene rings is 1. The van der Waals surface area contributed by atoms with Crippen LogP contribution in [-0.2, 0) is 35.0 Å². The van der Waals surface area contributed by atoms with E-state index in [2.05, 4.69) is 0 Å².